The zero-order valence-corrected chi connectivity index (χ0v) is 12.2. The van der Waals surface area contributed by atoms with E-state index in [-0.39, 0.29) is 12.1 Å². The molecule has 0 saturated carbocycles. The number of nitrogens with two attached hydrogens (primary N) is 1. The van der Waals surface area contributed by atoms with Gasteiger partial charge in [-0.1, -0.05) is 0 Å². The topological polar surface area (TPSA) is 60.2 Å². The molecule has 3 N–H and O–H groups in total. The van der Waals surface area contributed by atoms with Crippen molar-refractivity contribution in [2.24, 2.45) is 5.84 Å². The third-order valence-corrected chi connectivity index (χ3v) is 3.72. The minimum Gasteiger partial charge on any atom is -0.489 e. The Hall–Kier alpha value is -1.43. The van der Waals surface area contributed by atoms with Gasteiger partial charge in [-0.3, -0.25) is 10.8 Å². The van der Waals surface area contributed by atoms with Crippen molar-refractivity contribution >= 4 is 11.3 Å². The number of nitrogens with one attached hydrogen (secondary N) is 1. The molecule has 2 aromatic heterocycles. The molecule has 0 saturated heterocycles. The summed E-state index contributed by atoms with van der Waals surface area (Å²) in [5.41, 5.74) is 3.85. The minimum atomic E-state index is -0.0538. The van der Waals surface area contributed by atoms with E-state index in [1.165, 1.54) is 9.75 Å². The van der Waals surface area contributed by atoms with Gasteiger partial charge in [0.15, 0.2) is 0 Å². The minimum absolute atomic E-state index is 0.0538. The van der Waals surface area contributed by atoms with Crippen molar-refractivity contribution in [2.75, 3.05) is 0 Å². The Bertz CT molecular complexity index is 539. The summed E-state index contributed by atoms with van der Waals surface area (Å²) in [5.74, 6) is 6.45. The fourth-order valence-corrected chi connectivity index (χ4v) is 2.85. The summed E-state index contributed by atoms with van der Waals surface area (Å²) in [6.07, 6.45) is 3.66. The highest BCUT2D eigenvalue weighted by Gasteiger charge is 2.15. The van der Waals surface area contributed by atoms with E-state index in [0.717, 1.165) is 11.3 Å². The number of ether oxygens (including phenoxy) is 1. The van der Waals surface area contributed by atoms with Crippen LogP contribution in [0.4, 0.5) is 0 Å². The van der Waals surface area contributed by atoms with Crippen molar-refractivity contribution in [1.29, 1.82) is 0 Å². The van der Waals surface area contributed by atoms with E-state index in [4.69, 9.17) is 10.6 Å². The average molecular weight is 277 g/mol. The first kappa shape index (κ1) is 14.0. The van der Waals surface area contributed by atoms with Crippen LogP contribution < -0.4 is 16.0 Å². The summed E-state index contributed by atoms with van der Waals surface area (Å²) in [6.45, 7) is 6.07. The number of thiophene rings is 1. The number of aryl methyl sites for hydroxylation is 1. The Morgan fingerprint density at radius 3 is 2.68 bits per heavy atom. The van der Waals surface area contributed by atoms with Gasteiger partial charge in [0.2, 0.25) is 0 Å². The summed E-state index contributed by atoms with van der Waals surface area (Å²) in [4.78, 5) is 6.65. The Kier molecular flexibility index (Phi) is 4.52. The van der Waals surface area contributed by atoms with E-state index in [1.807, 2.05) is 26.1 Å². The van der Waals surface area contributed by atoms with Crippen LogP contribution in [0.1, 0.15) is 35.2 Å². The second-order valence-corrected chi connectivity index (χ2v) is 5.99. The molecule has 0 spiro atoms. The molecule has 0 fully saturated rings. The largest absolute Gasteiger partial charge is 0.489 e. The lowest BCUT2D eigenvalue weighted by molar-refractivity contribution is 0.241. The molecule has 4 nitrogen and oxygen atoms in total. The van der Waals surface area contributed by atoms with Crippen LogP contribution >= 0.6 is 11.3 Å². The van der Waals surface area contributed by atoms with Gasteiger partial charge in [0.1, 0.15) is 5.75 Å². The highest BCUT2D eigenvalue weighted by atomic mass is 32.1. The van der Waals surface area contributed by atoms with Crippen molar-refractivity contribution in [3.63, 3.8) is 0 Å². The van der Waals surface area contributed by atoms with Gasteiger partial charge in [-0.15, -0.1) is 11.3 Å². The molecule has 0 aromatic carbocycles. The van der Waals surface area contributed by atoms with Crippen LogP contribution in [0, 0.1) is 6.92 Å². The first-order valence-corrected chi connectivity index (χ1v) is 7.06. The quantitative estimate of drug-likeness (QED) is 0.651. The lowest BCUT2D eigenvalue weighted by Gasteiger charge is -2.16. The van der Waals surface area contributed by atoms with Crippen molar-refractivity contribution in [2.45, 2.75) is 32.9 Å². The molecule has 2 rings (SSSR count). The monoisotopic (exact) mass is 277 g/mol. The molecule has 5 heteroatoms. The maximum absolute atomic E-state index is 5.69. The molecule has 1 unspecified atom stereocenters. The van der Waals surface area contributed by atoms with Crippen LogP contribution in [-0.4, -0.2) is 11.1 Å². The number of hydrogen-bond acceptors (Lipinski definition) is 5. The van der Waals surface area contributed by atoms with Crippen LogP contribution in [0.25, 0.3) is 0 Å². The highest BCUT2D eigenvalue weighted by molar-refractivity contribution is 7.12. The second kappa shape index (κ2) is 6.14. The summed E-state index contributed by atoms with van der Waals surface area (Å²) in [6, 6.07) is 6.10. The van der Waals surface area contributed by atoms with E-state index >= 15 is 0 Å². The molecule has 2 heterocycles. The zero-order valence-electron chi connectivity index (χ0n) is 11.4. The summed E-state index contributed by atoms with van der Waals surface area (Å²) in [5, 5.41) is 0. The zero-order chi connectivity index (χ0) is 13.8. The van der Waals surface area contributed by atoms with Crippen LogP contribution in [0.15, 0.2) is 30.6 Å². The van der Waals surface area contributed by atoms with Gasteiger partial charge in [0.05, 0.1) is 18.3 Å². The van der Waals surface area contributed by atoms with E-state index in [2.05, 4.69) is 29.5 Å². The lowest BCUT2D eigenvalue weighted by Crippen LogP contribution is -2.28. The predicted molar refractivity (Wildman–Crippen MR) is 78.2 cm³/mol. The van der Waals surface area contributed by atoms with Crippen LogP contribution in [0.5, 0.6) is 5.75 Å². The lowest BCUT2D eigenvalue weighted by atomic mass is 10.1. The Balaban J connectivity index is 2.28. The predicted octanol–water partition coefficient (Wildman–Crippen LogP) is 2.79. The summed E-state index contributed by atoms with van der Waals surface area (Å²) < 4.78 is 5.66. The van der Waals surface area contributed by atoms with Gasteiger partial charge in [0, 0.05) is 16.0 Å². The maximum Gasteiger partial charge on any atom is 0.138 e. The third kappa shape index (κ3) is 3.53. The first-order valence-electron chi connectivity index (χ1n) is 6.24. The standard InChI is InChI=1S/C14H19N3OS/c1-9(2)18-12-6-11(7-16-8-12)14(17-15)13-5-4-10(3)19-13/h4-9,14,17H,15H2,1-3H3. The Morgan fingerprint density at radius 1 is 1.32 bits per heavy atom. The molecule has 0 amide bonds. The fraction of sp³-hybridized carbons (Fsp3) is 0.357. The molecule has 19 heavy (non-hydrogen) atoms. The van der Waals surface area contributed by atoms with E-state index < -0.39 is 0 Å². The van der Waals surface area contributed by atoms with Gasteiger partial charge in [-0.2, -0.15) is 0 Å². The van der Waals surface area contributed by atoms with Crippen molar-refractivity contribution in [3.8, 4) is 5.75 Å². The molecule has 102 valence electrons. The van der Waals surface area contributed by atoms with Gasteiger partial charge < -0.3 is 4.74 Å². The number of nitrogens with zero attached hydrogens (tertiary/aromatic N) is 1. The highest BCUT2D eigenvalue weighted by Crippen LogP contribution is 2.29. The number of aromatic nitrogens is 1. The molecule has 0 aliphatic rings. The molecule has 0 bridgehead atoms. The van der Waals surface area contributed by atoms with Crippen LogP contribution in [0.3, 0.4) is 0 Å². The molecule has 1 atom stereocenters. The Morgan fingerprint density at radius 2 is 2.11 bits per heavy atom. The normalized spacial score (nSPS) is 12.7. The van der Waals surface area contributed by atoms with E-state index in [1.54, 1.807) is 17.5 Å². The number of hydrazine groups is 1. The molecule has 0 aliphatic carbocycles. The number of rotatable bonds is 5. The van der Waals surface area contributed by atoms with E-state index in [0.29, 0.717) is 0 Å². The van der Waals surface area contributed by atoms with E-state index in [9.17, 15) is 0 Å². The van der Waals surface area contributed by atoms with Crippen LogP contribution in [0.2, 0.25) is 0 Å². The van der Waals surface area contributed by atoms with Crippen molar-refractivity contribution in [1.82, 2.24) is 10.4 Å². The van der Waals surface area contributed by atoms with Gasteiger partial charge in [-0.25, -0.2) is 5.43 Å². The number of hydrogen-bond donors (Lipinski definition) is 2. The van der Waals surface area contributed by atoms with Gasteiger partial charge >= 0.3 is 0 Å². The van der Waals surface area contributed by atoms with Crippen molar-refractivity contribution < 1.29 is 4.74 Å². The summed E-state index contributed by atoms with van der Waals surface area (Å²) in [7, 11) is 0. The Labute approximate surface area is 117 Å². The fourth-order valence-electron chi connectivity index (χ4n) is 1.88. The smallest absolute Gasteiger partial charge is 0.138 e. The third-order valence-electron chi connectivity index (χ3n) is 2.65. The number of pyridine rings is 1. The SMILES string of the molecule is Cc1ccc(C(NN)c2cncc(OC(C)C)c2)s1. The van der Waals surface area contributed by atoms with Gasteiger partial charge in [-0.05, 0) is 44.5 Å². The molecule has 0 radical (unpaired) electrons. The molecular formula is C14H19N3OS. The molecule has 2 aromatic rings. The summed E-state index contributed by atoms with van der Waals surface area (Å²) >= 11 is 1.72. The van der Waals surface area contributed by atoms with Gasteiger partial charge in [0.25, 0.3) is 0 Å². The molecule has 0 aliphatic heterocycles. The average Bonchev–Trinajstić information content (AvgIpc) is 2.76. The second-order valence-electron chi connectivity index (χ2n) is 4.67. The first-order chi connectivity index (χ1) is 9.10. The van der Waals surface area contributed by atoms with Crippen molar-refractivity contribution in [3.05, 3.63) is 45.9 Å². The maximum atomic E-state index is 5.69. The molecular weight excluding hydrogens is 258 g/mol. The van der Waals surface area contributed by atoms with Crippen LogP contribution in [-0.2, 0) is 0 Å².